The summed E-state index contributed by atoms with van der Waals surface area (Å²) in [5.41, 5.74) is 5.26. The van der Waals surface area contributed by atoms with Gasteiger partial charge in [0.2, 0.25) is 0 Å². The third-order valence-electron chi connectivity index (χ3n) is 3.01. The van der Waals surface area contributed by atoms with Crippen LogP contribution in [0.4, 0.5) is 13.2 Å². The van der Waals surface area contributed by atoms with Gasteiger partial charge in [-0.3, -0.25) is 4.79 Å². The van der Waals surface area contributed by atoms with E-state index in [1.54, 1.807) is 0 Å². The van der Waals surface area contributed by atoms with Gasteiger partial charge in [-0.2, -0.15) is 0 Å². The SMILES string of the molecule is Cl.N[C@@H]1CCCN(C(=O)c2ccc(F)c(F)c2F)C1. The summed E-state index contributed by atoms with van der Waals surface area (Å²) < 4.78 is 39.3. The van der Waals surface area contributed by atoms with Gasteiger partial charge in [0, 0.05) is 19.1 Å². The lowest BCUT2D eigenvalue weighted by Crippen LogP contribution is -2.46. The van der Waals surface area contributed by atoms with E-state index in [9.17, 15) is 18.0 Å². The fraction of sp³-hybridized carbons (Fsp3) is 0.417. The molecule has 3 nitrogen and oxygen atoms in total. The molecule has 106 valence electrons. The van der Waals surface area contributed by atoms with Crippen LogP contribution in [-0.2, 0) is 0 Å². The number of likely N-dealkylation sites (tertiary alicyclic amines) is 1. The molecule has 1 fully saturated rings. The van der Waals surface area contributed by atoms with E-state index in [0.717, 1.165) is 25.0 Å². The Hall–Kier alpha value is -1.27. The molecule has 0 aliphatic carbocycles. The molecule has 1 atom stereocenters. The number of nitrogens with zero attached hydrogens (tertiary/aromatic N) is 1. The van der Waals surface area contributed by atoms with Gasteiger partial charge < -0.3 is 10.6 Å². The maximum absolute atomic E-state index is 13.5. The van der Waals surface area contributed by atoms with Gasteiger partial charge in [0.15, 0.2) is 17.5 Å². The van der Waals surface area contributed by atoms with Gasteiger partial charge >= 0.3 is 0 Å². The zero-order valence-electron chi connectivity index (χ0n) is 10.0. The Bertz CT molecular complexity index is 484. The van der Waals surface area contributed by atoms with E-state index in [2.05, 4.69) is 0 Å². The molecule has 0 bridgehead atoms. The average molecular weight is 295 g/mol. The predicted octanol–water partition coefficient (Wildman–Crippen LogP) is 2.09. The molecular formula is C12H14ClF3N2O. The van der Waals surface area contributed by atoms with Gasteiger partial charge in [-0.25, -0.2) is 13.2 Å². The zero-order valence-corrected chi connectivity index (χ0v) is 10.9. The lowest BCUT2D eigenvalue weighted by molar-refractivity contribution is 0.0702. The Labute approximate surface area is 115 Å². The van der Waals surface area contributed by atoms with Crippen LogP contribution in [0.25, 0.3) is 0 Å². The molecule has 1 heterocycles. The normalized spacial score (nSPS) is 18.9. The van der Waals surface area contributed by atoms with E-state index in [0.29, 0.717) is 13.1 Å². The van der Waals surface area contributed by atoms with Gasteiger partial charge in [-0.15, -0.1) is 12.4 Å². The molecule has 2 N–H and O–H groups in total. The van der Waals surface area contributed by atoms with Crippen LogP contribution in [0.3, 0.4) is 0 Å². The second kappa shape index (κ2) is 6.25. The molecule has 0 spiro atoms. The highest BCUT2D eigenvalue weighted by atomic mass is 35.5. The van der Waals surface area contributed by atoms with Crippen molar-refractivity contribution < 1.29 is 18.0 Å². The van der Waals surface area contributed by atoms with Crippen LogP contribution in [0.5, 0.6) is 0 Å². The van der Waals surface area contributed by atoms with Crippen LogP contribution in [0, 0.1) is 17.5 Å². The molecule has 0 radical (unpaired) electrons. The Morgan fingerprint density at radius 2 is 1.95 bits per heavy atom. The number of halogens is 4. The van der Waals surface area contributed by atoms with Gasteiger partial charge in [-0.05, 0) is 25.0 Å². The van der Waals surface area contributed by atoms with Crippen LogP contribution in [0.1, 0.15) is 23.2 Å². The third-order valence-corrected chi connectivity index (χ3v) is 3.01. The number of hydrogen-bond donors (Lipinski definition) is 1. The first-order valence-corrected chi connectivity index (χ1v) is 5.69. The van der Waals surface area contributed by atoms with Crippen molar-refractivity contribution in [2.45, 2.75) is 18.9 Å². The van der Waals surface area contributed by atoms with Gasteiger partial charge in [0.1, 0.15) is 0 Å². The molecule has 1 aliphatic rings. The van der Waals surface area contributed by atoms with Crippen LogP contribution < -0.4 is 5.73 Å². The number of nitrogens with two attached hydrogens (primary N) is 1. The second-order valence-corrected chi connectivity index (χ2v) is 4.38. The molecule has 7 heteroatoms. The Balaban J connectivity index is 0.00000180. The Morgan fingerprint density at radius 1 is 1.26 bits per heavy atom. The van der Waals surface area contributed by atoms with Crippen molar-refractivity contribution in [2.75, 3.05) is 13.1 Å². The molecule has 0 saturated carbocycles. The standard InChI is InChI=1S/C12H13F3N2O.ClH/c13-9-4-3-8(10(14)11(9)15)12(18)17-5-1-2-7(16)6-17;/h3-4,7H,1-2,5-6,16H2;1H/t7-;/m1./s1. The topological polar surface area (TPSA) is 46.3 Å². The number of benzene rings is 1. The lowest BCUT2D eigenvalue weighted by Gasteiger charge is -2.30. The molecule has 2 rings (SSSR count). The first-order valence-electron chi connectivity index (χ1n) is 5.69. The minimum atomic E-state index is -1.62. The highest BCUT2D eigenvalue weighted by Crippen LogP contribution is 2.19. The zero-order chi connectivity index (χ0) is 13.3. The number of carbonyl (C=O) groups is 1. The number of carbonyl (C=O) groups excluding carboxylic acids is 1. The summed E-state index contributed by atoms with van der Waals surface area (Å²) in [6.07, 6.45) is 1.52. The summed E-state index contributed by atoms with van der Waals surface area (Å²) in [6, 6.07) is 1.54. The summed E-state index contributed by atoms with van der Waals surface area (Å²) in [5.74, 6) is -5.03. The van der Waals surface area contributed by atoms with E-state index in [1.807, 2.05) is 0 Å². The molecule has 1 aromatic carbocycles. The maximum atomic E-state index is 13.5. The quantitative estimate of drug-likeness (QED) is 0.806. The molecule has 1 amide bonds. The van der Waals surface area contributed by atoms with E-state index in [-0.39, 0.29) is 18.4 Å². The monoisotopic (exact) mass is 294 g/mol. The molecule has 0 unspecified atom stereocenters. The van der Waals surface area contributed by atoms with Crippen molar-refractivity contribution in [2.24, 2.45) is 5.73 Å². The van der Waals surface area contributed by atoms with Crippen LogP contribution in [0.15, 0.2) is 12.1 Å². The van der Waals surface area contributed by atoms with Crippen molar-refractivity contribution in [3.05, 3.63) is 35.1 Å². The van der Waals surface area contributed by atoms with Crippen molar-refractivity contribution >= 4 is 18.3 Å². The van der Waals surface area contributed by atoms with E-state index >= 15 is 0 Å². The minimum absolute atomic E-state index is 0. The minimum Gasteiger partial charge on any atom is -0.337 e. The number of amides is 1. The molecule has 0 aromatic heterocycles. The Kier molecular flexibility index (Phi) is 5.20. The van der Waals surface area contributed by atoms with Crippen molar-refractivity contribution in [3.8, 4) is 0 Å². The summed E-state index contributed by atoms with van der Waals surface area (Å²) >= 11 is 0. The first kappa shape index (κ1) is 15.8. The van der Waals surface area contributed by atoms with Crippen molar-refractivity contribution in [1.82, 2.24) is 4.90 Å². The summed E-state index contributed by atoms with van der Waals surface area (Å²) in [4.78, 5) is 13.3. The van der Waals surface area contributed by atoms with Crippen molar-refractivity contribution in [1.29, 1.82) is 0 Å². The fourth-order valence-corrected chi connectivity index (χ4v) is 2.06. The lowest BCUT2D eigenvalue weighted by atomic mass is 10.0. The van der Waals surface area contributed by atoms with Gasteiger partial charge in [0.25, 0.3) is 5.91 Å². The second-order valence-electron chi connectivity index (χ2n) is 4.38. The number of piperidine rings is 1. The van der Waals surface area contributed by atoms with Crippen molar-refractivity contribution in [3.63, 3.8) is 0 Å². The summed E-state index contributed by atoms with van der Waals surface area (Å²) in [7, 11) is 0. The number of rotatable bonds is 1. The third kappa shape index (κ3) is 3.19. The van der Waals surface area contributed by atoms with Crippen LogP contribution in [-0.4, -0.2) is 29.9 Å². The largest absolute Gasteiger partial charge is 0.337 e. The van der Waals surface area contributed by atoms with E-state index in [4.69, 9.17) is 5.73 Å². The van der Waals surface area contributed by atoms with E-state index in [1.165, 1.54) is 4.90 Å². The molecular weight excluding hydrogens is 281 g/mol. The number of hydrogen-bond acceptors (Lipinski definition) is 2. The summed E-state index contributed by atoms with van der Waals surface area (Å²) in [6.45, 7) is 0.752. The van der Waals surface area contributed by atoms with E-state index < -0.39 is 28.9 Å². The van der Waals surface area contributed by atoms with Gasteiger partial charge in [-0.1, -0.05) is 0 Å². The highest BCUT2D eigenvalue weighted by Gasteiger charge is 2.26. The average Bonchev–Trinajstić information content (AvgIpc) is 2.35. The first-order chi connectivity index (χ1) is 8.50. The molecule has 1 saturated heterocycles. The molecule has 1 aliphatic heterocycles. The summed E-state index contributed by atoms with van der Waals surface area (Å²) in [5, 5.41) is 0. The molecule has 19 heavy (non-hydrogen) atoms. The fourth-order valence-electron chi connectivity index (χ4n) is 2.06. The predicted molar refractivity (Wildman–Crippen MR) is 66.7 cm³/mol. The highest BCUT2D eigenvalue weighted by molar-refractivity contribution is 5.94. The van der Waals surface area contributed by atoms with Crippen LogP contribution >= 0.6 is 12.4 Å². The molecule has 1 aromatic rings. The maximum Gasteiger partial charge on any atom is 0.256 e. The Morgan fingerprint density at radius 3 is 2.58 bits per heavy atom. The smallest absolute Gasteiger partial charge is 0.256 e. The van der Waals surface area contributed by atoms with Crippen LogP contribution in [0.2, 0.25) is 0 Å². The van der Waals surface area contributed by atoms with Gasteiger partial charge in [0.05, 0.1) is 5.56 Å².